The van der Waals surface area contributed by atoms with Gasteiger partial charge in [-0.3, -0.25) is 4.79 Å². The minimum atomic E-state index is -0.235. The smallest absolute Gasteiger partial charge is 0.287 e. The van der Waals surface area contributed by atoms with Crippen LogP contribution in [0.4, 0.5) is 0 Å². The number of hydrogen-bond donors (Lipinski definition) is 2. The molecule has 78 valence electrons. The van der Waals surface area contributed by atoms with Gasteiger partial charge in [-0.25, -0.2) is 4.98 Å². The van der Waals surface area contributed by atoms with Crippen LogP contribution < -0.4 is 5.32 Å². The first-order chi connectivity index (χ1) is 6.29. The predicted molar refractivity (Wildman–Crippen MR) is 71.2 cm³/mol. The largest absolute Gasteiger partial charge is 0.345 e. The third-order valence-electron chi connectivity index (χ3n) is 1.32. The Morgan fingerprint density at radius 2 is 2.00 bits per heavy atom. The molecule has 0 aliphatic carbocycles. The van der Waals surface area contributed by atoms with Crippen molar-refractivity contribution in [1.82, 2.24) is 15.3 Å². The second kappa shape index (κ2) is 4.33. The molecule has 0 spiro atoms. The summed E-state index contributed by atoms with van der Waals surface area (Å²) < 4.78 is 1.71. The highest BCUT2D eigenvalue weighted by Crippen LogP contribution is 2.12. The van der Waals surface area contributed by atoms with Crippen LogP contribution in [0.25, 0.3) is 0 Å². The molecule has 4 nitrogen and oxygen atoms in total. The van der Waals surface area contributed by atoms with Crippen molar-refractivity contribution in [2.75, 3.05) is 0 Å². The number of nitrogens with one attached hydrogen (secondary N) is 2. The number of aromatic amines is 1. The van der Waals surface area contributed by atoms with Crippen molar-refractivity contribution in [2.45, 2.75) is 26.3 Å². The van der Waals surface area contributed by atoms with Crippen LogP contribution >= 0.6 is 45.2 Å². The Balaban J connectivity index is 2.80. The Bertz CT molecular complexity index is 334. The van der Waals surface area contributed by atoms with Crippen LogP contribution in [0.3, 0.4) is 0 Å². The van der Waals surface area contributed by atoms with Gasteiger partial charge in [0.05, 0.1) is 0 Å². The van der Waals surface area contributed by atoms with E-state index in [4.69, 9.17) is 0 Å². The van der Waals surface area contributed by atoms with Crippen LogP contribution in [0.2, 0.25) is 0 Å². The second-order valence-electron chi connectivity index (χ2n) is 3.89. The number of carbonyl (C=O) groups excluding carboxylic acids is 1. The zero-order chi connectivity index (χ0) is 10.9. The van der Waals surface area contributed by atoms with Gasteiger partial charge < -0.3 is 10.3 Å². The van der Waals surface area contributed by atoms with Gasteiger partial charge in [-0.05, 0) is 66.0 Å². The van der Waals surface area contributed by atoms with Gasteiger partial charge in [-0.15, -0.1) is 0 Å². The molecule has 1 rings (SSSR count). The Morgan fingerprint density at radius 1 is 1.43 bits per heavy atom. The molecule has 6 heteroatoms. The number of nitrogens with zero attached hydrogens (tertiary/aromatic N) is 1. The van der Waals surface area contributed by atoms with Gasteiger partial charge in [-0.2, -0.15) is 0 Å². The molecule has 0 aromatic carbocycles. The Kier molecular flexibility index (Phi) is 3.78. The minimum Gasteiger partial charge on any atom is -0.345 e. The highest BCUT2D eigenvalue weighted by Gasteiger charge is 2.18. The molecule has 14 heavy (non-hydrogen) atoms. The number of amides is 1. The molecule has 0 saturated carbocycles. The molecule has 0 radical (unpaired) electrons. The first-order valence-corrected chi connectivity index (χ1v) is 6.19. The van der Waals surface area contributed by atoms with Gasteiger partial charge in [0, 0.05) is 5.54 Å². The number of aromatic nitrogens is 2. The van der Waals surface area contributed by atoms with Crippen LogP contribution in [-0.2, 0) is 0 Å². The van der Waals surface area contributed by atoms with E-state index in [1.807, 2.05) is 20.8 Å². The molecule has 1 heterocycles. The standard InChI is InChI=1S/C8H11I2N3O/c1-8(2,3)13-7(14)6-11-4(9)5(10)12-6/h1-3H3,(H,11,12)(H,13,14). The summed E-state index contributed by atoms with van der Waals surface area (Å²) in [5, 5.41) is 2.84. The first-order valence-electron chi connectivity index (χ1n) is 4.03. The Labute approximate surface area is 110 Å². The molecule has 0 aliphatic rings. The summed E-state index contributed by atoms with van der Waals surface area (Å²) in [6, 6.07) is 0. The van der Waals surface area contributed by atoms with E-state index in [2.05, 4.69) is 60.5 Å². The number of carbonyl (C=O) groups is 1. The zero-order valence-corrected chi connectivity index (χ0v) is 12.4. The van der Waals surface area contributed by atoms with Gasteiger partial charge in [0.2, 0.25) is 0 Å². The normalized spacial score (nSPS) is 11.5. The Morgan fingerprint density at radius 3 is 2.36 bits per heavy atom. The summed E-state index contributed by atoms with van der Waals surface area (Å²) in [6.07, 6.45) is 0. The van der Waals surface area contributed by atoms with Crippen molar-refractivity contribution < 1.29 is 4.79 Å². The molecule has 0 atom stereocenters. The van der Waals surface area contributed by atoms with Crippen molar-refractivity contribution in [1.29, 1.82) is 0 Å². The maximum Gasteiger partial charge on any atom is 0.287 e. The second-order valence-corrected chi connectivity index (χ2v) is 5.99. The van der Waals surface area contributed by atoms with Crippen LogP contribution in [0, 0.1) is 7.40 Å². The lowest BCUT2D eigenvalue weighted by atomic mass is 10.1. The number of halogens is 2. The molecule has 0 saturated heterocycles. The van der Waals surface area contributed by atoms with Crippen LogP contribution in [0.1, 0.15) is 31.4 Å². The van der Waals surface area contributed by atoms with E-state index in [0.29, 0.717) is 5.82 Å². The van der Waals surface area contributed by atoms with Crippen LogP contribution in [0.5, 0.6) is 0 Å². The van der Waals surface area contributed by atoms with Crippen molar-refractivity contribution >= 4 is 51.1 Å². The van der Waals surface area contributed by atoms with Crippen molar-refractivity contribution in [2.24, 2.45) is 0 Å². The number of H-pyrrole nitrogens is 1. The van der Waals surface area contributed by atoms with Gasteiger partial charge in [0.25, 0.3) is 5.91 Å². The maximum absolute atomic E-state index is 11.6. The SMILES string of the molecule is CC(C)(C)NC(=O)c1nc(I)c(I)[nH]1. The van der Waals surface area contributed by atoms with E-state index in [1.165, 1.54) is 0 Å². The molecule has 0 bridgehead atoms. The summed E-state index contributed by atoms with van der Waals surface area (Å²) in [4.78, 5) is 18.6. The van der Waals surface area contributed by atoms with E-state index in [-0.39, 0.29) is 11.4 Å². The lowest BCUT2D eigenvalue weighted by Gasteiger charge is -2.19. The molecule has 0 unspecified atom stereocenters. The van der Waals surface area contributed by atoms with Crippen molar-refractivity contribution in [3.05, 3.63) is 13.2 Å². The lowest BCUT2D eigenvalue weighted by Crippen LogP contribution is -2.41. The van der Waals surface area contributed by atoms with E-state index in [1.54, 1.807) is 0 Å². The molecule has 0 aliphatic heterocycles. The van der Waals surface area contributed by atoms with Crippen LogP contribution in [0.15, 0.2) is 0 Å². The summed E-state index contributed by atoms with van der Waals surface area (Å²) in [5.41, 5.74) is -0.235. The van der Waals surface area contributed by atoms with E-state index in [9.17, 15) is 4.79 Å². The van der Waals surface area contributed by atoms with E-state index >= 15 is 0 Å². The Hall–Kier alpha value is 0.140. The number of imidazole rings is 1. The predicted octanol–water partition coefficient (Wildman–Crippen LogP) is 2.15. The fourth-order valence-corrected chi connectivity index (χ4v) is 1.59. The highest BCUT2D eigenvalue weighted by molar-refractivity contribution is 14.1. The molecule has 0 fully saturated rings. The fourth-order valence-electron chi connectivity index (χ4n) is 0.838. The summed E-state index contributed by atoms with van der Waals surface area (Å²) in [5.74, 6) is 0.201. The summed E-state index contributed by atoms with van der Waals surface area (Å²) >= 11 is 4.20. The molecular weight excluding hydrogens is 408 g/mol. The molecular formula is C8H11I2N3O. The lowest BCUT2D eigenvalue weighted by molar-refractivity contribution is 0.0909. The molecule has 1 amide bonds. The number of rotatable bonds is 1. The average Bonchev–Trinajstić information content (AvgIpc) is 2.28. The third kappa shape index (κ3) is 3.37. The molecule has 1 aromatic heterocycles. The quantitative estimate of drug-likeness (QED) is 0.686. The average molecular weight is 419 g/mol. The summed E-state index contributed by atoms with van der Waals surface area (Å²) in [6.45, 7) is 5.80. The van der Waals surface area contributed by atoms with Crippen molar-refractivity contribution in [3.63, 3.8) is 0 Å². The number of hydrogen-bond acceptors (Lipinski definition) is 2. The van der Waals surface area contributed by atoms with Crippen molar-refractivity contribution in [3.8, 4) is 0 Å². The minimum absolute atomic E-state index is 0.168. The molecule has 1 aromatic rings. The topological polar surface area (TPSA) is 57.8 Å². The van der Waals surface area contributed by atoms with E-state index < -0.39 is 0 Å². The zero-order valence-electron chi connectivity index (χ0n) is 8.11. The maximum atomic E-state index is 11.6. The third-order valence-corrected chi connectivity index (χ3v) is 3.92. The highest BCUT2D eigenvalue weighted by atomic mass is 127. The van der Waals surface area contributed by atoms with Gasteiger partial charge in [-0.1, -0.05) is 0 Å². The van der Waals surface area contributed by atoms with Gasteiger partial charge in [0.15, 0.2) is 5.82 Å². The summed E-state index contributed by atoms with van der Waals surface area (Å²) in [7, 11) is 0. The van der Waals surface area contributed by atoms with Gasteiger partial charge >= 0.3 is 0 Å². The molecule has 2 N–H and O–H groups in total. The fraction of sp³-hybridized carbons (Fsp3) is 0.500. The van der Waals surface area contributed by atoms with Crippen LogP contribution in [-0.4, -0.2) is 21.4 Å². The monoisotopic (exact) mass is 419 g/mol. The van der Waals surface area contributed by atoms with Gasteiger partial charge in [0.1, 0.15) is 7.40 Å². The van der Waals surface area contributed by atoms with E-state index in [0.717, 1.165) is 7.40 Å². The first kappa shape index (κ1) is 12.2.